The highest BCUT2D eigenvalue weighted by atomic mass is 32.2. The first-order valence-electron chi connectivity index (χ1n) is 9.74. The number of hydrogen-bond donors (Lipinski definition) is 1. The Hall–Kier alpha value is -2.98. The van der Waals surface area contributed by atoms with Crippen molar-refractivity contribution in [2.24, 2.45) is 0 Å². The van der Waals surface area contributed by atoms with Crippen molar-refractivity contribution in [1.82, 2.24) is 4.31 Å². The van der Waals surface area contributed by atoms with E-state index in [4.69, 9.17) is 0 Å². The summed E-state index contributed by atoms with van der Waals surface area (Å²) in [7, 11) is -3.90. The number of benzene rings is 3. The maximum Gasteiger partial charge on any atom is 0.244 e. The summed E-state index contributed by atoms with van der Waals surface area (Å²) in [6.07, 6.45) is 0. The van der Waals surface area contributed by atoms with Gasteiger partial charge < -0.3 is 5.11 Å². The molecule has 0 bridgehead atoms. The van der Waals surface area contributed by atoms with Crippen LogP contribution in [0.5, 0.6) is 0 Å². The number of aryl methyl sites for hydroxylation is 1. The minimum absolute atomic E-state index is 0.168. The molecule has 152 valence electrons. The van der Waals surface area contributed by atoms with Crippen LogP contribution < -0.4 is 0 Å². The van der Waals surface area contributed by atoms with Gasteiger partial charge in [0.1, 0.15) is 6.04 Å². The van der Waals surface area contributed by atoms with Crippen LogP contribution in [-0.2, 0) is 10.0 Å². The number of hydrogen-bond acceptors (Lipinski definition) is 4. The largest absolute Gasteiger partial charge is 0.395 e. The van der Waals surface area contributed by atoms with Crippen LogP contribution in [-0.4, -0.2) is 36.5 Å². The van der Waals surface area contributed by atoms with Crippen molar-refractivity contribution in [2.75, 3.05) is 6.61 Å². The second-order valence-electron chi connectivity index (χ2n) is 7.44. The maximum atomic E-state index is 13.3. The molecule has 3 atom stereocenters. The maximum absolute atomic E-state index is 13.3. The third kappa shape index (κ3) is 3.31. The minimum Gasteiger partial charge on any atom is -0.395 e. The summed E-state index contributed by atoms with van der Waals surface area (Å²) in [6, 6.07) is 25.0. The Bertz CT molecular complexity index is 1190. The molecular weight excluding hydrogens is 396 g/mol. The van der Waals surface area contributed by atoms with Gasteiger partial charge in [-0.15, -0.1) is 0 Å². The van der Waals surface area contributed by atoms with E-state index in [1.54, 1.807) is 25.1 Å². The Labute approximate surface area is 176 Å². The number of nitriles is 1. The van der Waals surface area contributed by atoms with Gasteiger partial charge in [-0.25, -0.2) is 8.42 Å². The molecule has 4 rings (SSSR count). The van der Waals surface area contributed by atoms with Crippen molar-refractivity contribution in [2.45, 2.75) is 29.8 Å². The summed E-state index contributed by atoms with van der Waals surface area (Å²) in [4.78, 5) is 0.168. The quantitative estimate of drug-likeness (QED) is 0.685. The molecule has 1 fully saturated rings. The van der Waals surface area contributed by atoms with Crippen LogP contribution in [0.15, 0.2) is 83.8 Å². The Morgan fingerprint density at radius 1 is 0.933 bits per heavy atom. The Morgan fingerprint density at radius 3 is 2.13 bits per heavy atom. The number of aliphatic hydroxyl groups is 1. The molecular formula is C24H22N2O3S. The normalized spacial score (nSPS) is 21.6. The molecule has 1 heterocycles. The first-order valence-corrected chi connectivity index (χ1v) is 11.2. The van der Waals surface area contributed by atoms with Crippen molar-refractivity contribution in [3.8, 4) is 17.2 Å². The van der Waals surface area contributed by atoms with E-state index >= 15 is 0 Å². The molecule has 0 aliphatic carbocycles. The number of rotatable bonds is 5. The molecule has 30 heavy (non-hydrogen) atoms. The smallest absolute Gasteiger partial charge is 0.244 e. The van der Waals surface area contributed by atoms with Crippen molar-refractivity contribution in [3.05, 3.63) is 90.0 Å². The van der Waals surface area contributed by atoms with Gasteiger partial charge in [0, 0.05) is 5.92 Å². The number of sulfonamides is 1. The fourth-order valence-corrected chi connectivity index (χ4v) is 6.17. The third-order valence-electron chi connectivity index (χ3n) is 5.73. The average Bonchev–Trinajstić information content (AvgIpc) is 2.75. The fourth-order valence-electron chi connectivity index (χ4n) is 4.18. The van der Waals surface area contributed by atoms with Crippen LogP contribution in [0.3, 0.4) is 0 Å². The minimum atomic E-state index is -3.90. The number of nitrogens with zero attached hydrogens (tertiary/aromatic N) is 2. The standard InChI is InChI=1S/C24H22N2O3S/c1-17-7-5-6-10-23(17)30(28,29)26-21(15-25)24(22(26)16-27)20-13-11-19(12-14-20)18-8-3-2-4-9-18/h2-14,21-22,24,27H,16H2,1H3/t21-,22+,24-/m1/s1. The molecule has 1 N–H and O–H groups in total. The molecule has 1 aliphatic heterocycles. The number of aliphatic hydroxyl groups excluding tert-OH is 1. The molecule has 1 aliphatic rings. The highest BCUT2D eigenvalue weighted by Gasteiger charge is 2.55. The van der Waals surface area contributed by atoms with Gasteiger partial charge in [-0.05, 0) is 35.2 Å². The van der Waals surface area contributed by atoms with Crippen molar-refractivity contribution < 1.29 is 13.5 Å². The molecule has 0 aromatic heterocycles. The lowest BCUT2D eigenvalue weighted by molar-refractivity contribution is 0.0556. The van der Waals surface area contributed by atoms with Gasteiger partial charge in [-0.3, -0.25) is 0 Å². The predicted octanol–water partition coefficient (Wildman–Crippen LogP) is 3.70. The first kappa shape index (κ1) is 20.3. The van der Waals surface area contributed by atoms with Crippen molar-refractivity contribution >= 4 is 10.0 Å². The van der Waals surface area contributed by atoms with E-state index in [-0.39, 0.29) is 17.4 Å². The summed E-state index contributed by atoms with van der Waals surface area (Å²) in [6.45, 7) is 1.37. The van der Waals surface area contributed by atoms with E-state index in [1.165, 1.54) is 6.07 Å². The molecule has 0 unspecified atom stereocenters. The van der Waals surface area contributed by atoms with Gasteiger partial charge in [0.15, 0.2) is 0 Å². The summed E-state index contributed by atoms with van der Waals surface area (Å²) >= 11 is 0. The predicted molar refractivity (Wildman–Crippen MR) is 115 cm³/mol. The second kappa shape index (κ2) is 8.04. The van der Waals surface area contributed by atoms with E-state index in [2.05, 4.69) is 6.07 Å². The zero-order chi connectivity index (χ0) is 21.3. The molecule has 0 saturated carbocycles. The van der Waals surface area contributed by atoms with Crippen LogP contribution >= 0.6 is 0 Å². The Morgan fingerprint density at radius 2 is 1.53 bits per heavy atom. The highest BCUT2D eigenvalue weighted by Crippen LogP contribution is 2.44. The third-order valence-corrected chi connectivity index (χ3v) is 7.79. The van der Waals surface area contributed by atoms with Gasteiger partial charge in [0.2, 0.25) is 10.0 Å². The fraction of sp³-hybridized carbons (Fsp3) is 0.208. The van der Waals surface area contributed by atoms with Gasteiger partial charge in [0.05, 0.1) is 23.6 Å². The van der Waals surface area contributed by atoms with Gasteiger partial charge >= 0.3 is 0 Å². The monoisotopic (exact) mass is 418 g/mol. The second-order valence-corrected chi connectivity index (χ2v) is 9.25. The molecule has 5 nitrogen and oxygen atoms in total. The van der Waals surface area contributed by atoms with Crippen molar-refractivity contribution in [1.29, 1.82) is 5.26 Å². The van der Waals surface area contributed by atoms with Crippen molar-refractivity contribution in [3.63, 3.8) is 0 Å². The van der Waals surface area contributed by atoms with Crippen LogP contribution in [0.4, 0.5) is 0 Å². The van der Waals surface area contributed by atoms with E-state index in [1.807, 2.05) is 54.6 Å². The zero-order valence-electron chi connectivity index (χ0n) is 16.5. The summed E-state index contributed by atoms with van der Waals surface area (Å²) in [5.41, 5.74) is 3.58. The molecule has 0 amide bonds. The molecule has 0 spiro atoms. The summed E-state index contributed by atoms with van der Waals surface area (Å²) in [5, 5.41) is 19.8. The molecule has 3 aromatic rings. The van der Waals surface area contributed by atoms with Crippen LogP contribution in [0.2, 0.25) is 0 Å². The van der Waals surface area contributed by atoms with Crippen LogP contribution in [0.25, 0.3) is 11.1 Å². The zero-order valence-corrected chi connectivity index (χ0v) is 17.3. The van der Waals surface area contributed by atoms with E-state index in [0.717, 1.165) is 21.0 Å². The Kier molecular flexibility index (Phi) is 5.44. The van der Waals surface area contributed by atoms with Gasteiger partial charge in [0.25, 0.3) is 0 Å². The van der Waals surface area contributed by atoms with Crippen LogP contribution in [0, 0.1) is 18.3 Å². The first-order chi connectivity index (χ1) is 14.5. The van der Waals surface area contributed by atoms with E-state index in [0.29, 0.717) is 5.56 Å². The lowest BCUT2D eigenvalue weighted by atomic mass is 9.78. The molecule has 0 radical (unpaired) electrons. The van der Waals surface area contributed by atoms with Gasteiger partial charge in [-0.1, -0.05) is 72.8 Å². The Balaban J connectivity index is 1.66. The summed E-state index contributed by atoms with van der Waals surface area (Å²) in [5.74, 6) is -0.386. The molecule has 3 aromatic carbocycles. The average molecular weight is 419 g/mol. The van der Waals surface area contributed by atoms with E-state index in [9.17, 15) is 18.8 Å². The van der Waals surface area contributed by atoms with E-state index < -0.39 is 22.1 Å². The molecule has 1 saturated heterocycles. The topological polar surface area (TPSA) is 81.4 Å². The SMILES string of the molecule is Cc1ccccc1S(=O)(=O)N1[C@H](C#N)[C@@H](c2ccc(-c3ccccc3)cc2)[C@@H]1CO. The van der Waals surface area contributed by atoms with Gasteiger partial charge in [-0.2, -0.15) is 9.57 Å². The van der Waals surface area contributed by atoms with Crippen LogP contribution in [0.1, 0.15) is 17.0 Å². The highest BCUT2D eigenvalue weighted by molar-refractivity contribution is 7.89. The molecule has 6 heteroatoms. The summed E-state index contributed by atoms with van der Waals surface area (Å²) < 4.78 is 27.7. The lowest BCUT2D eigenvalue weighted by Crippen LogP contribution is -2.65. The lowest BCUT2D eigenvalue weighted by Gasteiger charge is -2.50.